The van der Waals surface area contributed by atoms with Crippen LogP contribution >= 0.6 is 0 Å². The van der Waals surface area contributed by atoms with Crippen LogP contribution in [0.5, 0.6) is 0 Å². The molecule has 0 bridgehead atoms. The molecular weight excluding hydrogens is 312 g/mol. The van der Waals surface area contributed by atoms with Crippen LogP contribution in [0.25, 0.3) is 0 Å². The number of hydrogen-bond donors (Lipinski definition) is 1. The van der Waals surface area contributed by atoms with Gasteiger partial charge in [-0.3, -0.25) is 0 Å². The normalized spacial score (nSPS) is 12.5. The second-order valence-corrected chi connectivity index (χ2v) is 6.08. The van der Waals surface area contributed by atoms with E-state index in [-0.39, 0.29) is 6.42 Å². The van der Waals surface area contributed by atoms with E-state index in [1.807, 2.05) is 24.3 Å². The Labute approximate surface area is 142 Å². The van der Waals surface area contributed by atoms with Gasteiger partial charge in [0.25, 0.3) is 0 Å². The summed E-state index contributed by atoms with van der Waals surface area (Å²) >= 11 is 0. The lowest BCUT2D eigenvalue weighted by Gasteiger charge is -2.22. The Morgan fingerprint density at radius 1 is 1.21 bits per heavy atom. The Bertz CT molecular complexity index is 576. The van der Waals surface area contributed by atoms with Gasteiger partial charge < -0.3 is 19.6 Å². The fourth-order valence-corrected chi connectivity index (χ4v) is 1.87. The van der Waals surface area contributed by atoms with E-state index in [1.54, 1.807) is 27.0 Å². The van der Waals surface area contributed by atoms with Crippen molar-refractivity contribution in [2.24, 2.45) is 5.16 Å². The van der Waals surface area contributed by atoms with Crippen molar-refractivity contribution in [1.82, 2.24) is 5.32 Å². The molecule has 0 aliphatic carbocycles. The zero-order valence-corrected chi connectivity index (χ0v) is 14.7. The predicted molar refractivity (Wildman–Crippen MR) is 89.9 cm³/mol. The van der Waals surface area contributed by atoms with Crippen LogP contribution in [0.15, 0.2) is 29.4 Å². The number of carbonyl (C=O) groups is 2. The first-order valence-electron chi connectivity index (χ1n) is 7.48. The number of benzene rings is 1. The van der Waals surface area contributed by atoms with Gasteiger partial charge >= 0.3 is 12.1 Å². The Balaban J connectivity index is 2.77. The largest absolute Gasteiger partial charge is 0.467 e. The molecule has 7 nitrogen and oxygen atoms in total. The SMILES string of the molecule is CO/N=C/c1ccc(CC(NC(=O)OC(C)(C)C)C(=O)OC)cc1. The first kappa shape index (κ1) is 19.5. The molecule has 0 fully saturated rings. The van der Waals surface area contributed by atoms with Crippen LogP contribution in [0, 0.1) is 0 Å². The fraction of sp³-hybridized carbons (Fsp3) is 0.471. The summed E-state index contributed by atoms with van der Waals surface area (Å²) in [6.45, 7) is 5.25. The molecule has 7 heteroatoms. The standard InChI is InChI=1S/C17H24N2O5/c1-17(2,3)24-16(21)19-14(15(20)22-4)10-12-6-8-13(9-7-12)11-18-23-5/h6-9,11,14H,10H2,1-5H3,(H,19,21)/b18-11+. The highest BCUT2D eigenvalue weighted by molar-refractivity contribution is 5.82. The highest BCUT2D eigenvalue weighted by atomic mass is 16.6. The van der Waals surface area contributed by atoms with Crippen molar-refractivity contribution in [2.75, 3.05) is 14.2 Å². The molecule has 0 saturated carbocycles. The monoisotopic (exact) mass is 336 g/mol. The molecule has 1 rings (SSSR count). The molecule has 1 aromatic rings. The Morgan fingerprint density at radius 2 is 1.83 bits per heavy atom. The van der Waals surface area contributed by atoms with E-state index in [2.05, 4.69) is 15.3 Å². The number of amides is 1. The van der Waals surface area contributed by atoms with Gasteiger partial charge in [0.1, 0.15) is 18.8 Å². The van der Waals surface area contributed by atoms with Crippen LogP contribution in [0.2, 0.25) is 0 Å². The van der Waals surface area contributed by atoms with Crippen LogP contribution < -0.4 is 5.32 Å². The van der Waals surface area contributed by atoms with E-state index in [9.17, 15) is 9.59 Å². The quantitative estimate of drug-likeness (QED) is 0.489. The summed E-state index contributed by atoms with van der Waals surface area (Å²) in [5.41, 5.74) is 1.07. The molecule has 1 N–H and O–H groups in total. The summed E-state index contributed by atoms with van der Waals surface area (Å²) in [6.07, 6.45) is 1.19. The van der Waals surface area contributed by atoms with Crippen molar-refractivity contribution in [3.8, 4) is 0 Å². The molecule has 24 heavy (non-hydrogen) atoms. The smallest absolute Gasteiger partial charge is 0.408 e. The van der Waals surface area contributed by atoms with Gasteiger partial charge in [0.15, 0.2) is 0 Å². The summed E-state index contributed by atoms with van der Waals surface area (Å²) in [5, 5.41) is 6.21. The van der Waals surface area contributed by atoms with Gasteiger partial charge in [0.2, 0.25) is 0 Å². The minimum atomic E-state index is -0.830. The van der Waals surface area contributed by atoms with E-state index in [4.69, 9.17) is 9.47 Å². The molecule has 1 atom stereocenters. The van der Waals surface area contributed by atoms with E-state index >= 15 is 0 Å². The molecule has 0 saturated heterocycles. The average molecular weight is 336 g/mol. The zero-order chi connectivity index (χ0) is 18.2. The summed E-state index contributed by atoms with van der Waals surface area (Å²) < 4.78 is 9.92. The highest BCUT2D eigenvalue weighted by Gasteiger charge is 2.25. The number of carbonyl (C=O) groups excluding carboxylic acids is 2. The lowest BCUT2D eigenvalue weighted by molar-refractivity contribution is -0.143. The van der Waals surface area contributed by atoms with Crippen LogP contribution in [0.4, 0.5) is 4.79 Å². The lowest BCUT2D eigenvalue weighted by atomic mass is 10.0. The first-order chi connectivity index (χ1) is 11.2. The van der Waals surface area contributed by atoms with Gasteiger partial charge in [-0.15, -0.1) is 0 Å². The van der Waals surface area contributed by atoms with Crippen LogP contribution in [0.3, 0.4) is 0 Å². The number of nitrogens with zero attached hydrogens (tertiary/aromatic N) is 1. The van der Waals surface area contributed by atoms with Crippen molar-refractivity contribution >= 4 is 18.3 Å². The Morgan fingerprint density at radius 3 is 2.33 bits per heavy atom. The van der Waals surface area contributed by atoms with Crippen molar-refractivity contribution in [1.29, 1.82) is 0 Å². The molecule has 0 aromatic heterocycles. The number of rotatable bonds is 6. The number of methoxy groups -OCH3 is 1. The van der Waals surface area contributed by atoms with E-state index < -0.39 is 23.7 Å². The third-order valence-corrected chi connectivity index (χ3v) is 2.90. The Hall–Kier alpha value is -2.57. The van der Waals surface area contributed by atoms with Crippen molar-refractivity contribution in [3.05, 3.63) is 35.4 Å². The average Bonchev–Trinajstić information content (AvgIpc) is 2.51. The minimum absolute atomic E-state index is 0.285. The van der Waals surface area contributed by atoms with E-state index in [1.165, 1.54) is 14.2 Å². The fourth-order valence-electron chi connectivity index (χ4n) is 1.87. The van der Waals surface area contributed by atoms with Gasteiger partial charge in [-0.25, -0.2) is 9.59 Å². The van der Waals surface area contributed by atoms with Crippen LogP contribution in [0.1, 0.15) is 31.9 Å². The summed E-state index contributed by atoms with van der Waals surface area (Å²) in [4.78, 5) is 28.4. The second kappa shape index (κ2) is 8.90. The molecule has 0 aliphatic heterocycles. The third kappa shape index (κ3) is 7.13. The van der Waals surface area contributed by atoms with Crippen LogP contribution in [-0.4, -0.2) is 44.1 Å². The summed E-state index contributed by atoms with van der Waals surface area (Å²) in [7, 11) is 2.74. The molecule has 0 spiro atoms. The molecule has 1 amide bonds. The maximum absolute atomic E-state index is 11.9. The molecular formula is C17H24N2O5. The molecule has 0 aliphatic rings. The number of nitrogens with one attached hydrogen (secondary N) is 1. The molecule has 1 unspecified atom stereocenters. The van der Waals surface area contributed by atoms with E-state index in [0.717, 1.165) is 11.1 Å². The third-order valence-electron chi connectivity index (χ3n) is 2.90. The van der Waals surface area contributed by atoms with Gasteiger partial charge in [-0.2, -0.15) is 0 Å². The maximum atomic E-state index is 11.9. The number of esters is 1. The molecule has 0 heterocycles. The predicted octanol–water partition coefficient (Wildman–Crippen LogP) is 2.28. The molecule has 132 valence electrons. The van der Waals surface area contributed by atoms with Gasteiger partial charge in [0, 0.05) is 6.42 Å². The molecule has 0 radical (unpaired) electrons. The number of ether oxygens (including phenoxy) is 2. The van der Waals surface area contributed by atoms with Crippen molar-refractivity contribution < 1.29 is 23.9 Å². The number of alkyl carbamates (subject to hydrolysis) is 1. The minimum Gasteiger partial charge on any atom is -0.467 e. The summed E-state index contributed by atoms with van der Waals surface area (Å²) in [5.74, 6) is -0.536. The lowest BCUT2D eigenvalue weighted by Crippen LogP contribution is -2.45. The summed E-state index contributed by atoms with van der Waals surface area (Å²) in [6, 6.07) is 6.51. The second-order valence-electron chi connectivity index (χ2n) is 6.08. The van der Waals surface area contributed by atoms with Crippen molar-refractivity contribution in [3.63, 3.8) is 0 Å². The molecule has 1 aromatic carbocycles. The van der Waals surface area contributed by atoms with Gasteiger partial charge in [-0.05, 0) is 31.9 Å². The maximum Gasteiger partial charge on any atom is 0.408 e. The first-order valence-corrected chi connectivity index (χ1v) is 7.48. The number of hydrogen-bond acceptors (Lipinski definition) is 6. The highest BCUT2D eigenvalue weighted by Crippen LogP contribution is 2.10. The van der Waals surface area contributed by atoms with Crippen LogP contribution in [-0.2, 0) is 25.5 Å². The van der Waals surface area contributed by atoms with Gasteiger partial charge in [-0.1, -0.05) is 29.4 Å². The van der Waals surface area contributed by atoms with E-state index in [0.29, 0.717) is 0 Å². The van der Waals surface area contributed by atoms with Crippen molar-refractivity contribution in [2.45, 2.75) is 38.8 Å². The Kier molecular flexibility index (Phi) is 7.23. The van der Waals surface area contributed by atoms with Gasteiger partial charge in [0.05, 0.1) is 13.3 Å². The zero-order valence-electron chi connectivity index (χ0n) is 14.7. The topological polar surface area (TPSA) is 86.2 Å². The number of oxime groups is 1.